The van der Waals surface area contributed by atoms with E-state index in [4.69, 9.17) is 4.74 Å². The first kappa shape index (κ1) is 21.5. The molecule has 170 valence electrons. The zero-order chi connectivity index (χ0) is 23.7. The van der Waals surface area contributed by atoms with E-state index in [-0.39, 0.29) is 24.7 Å². The van der Waals surface area contributed by atoms with Crippen molar-refractivity contribution >= 4 is 22.8 Å². The molecule has 0 saturated heterocycles. The largest absolute Gasteiger partial charge is 0.507 e. The number of carboxylic acid groups (broad SMARTS) is 1. The predicted octanol–water partition coefficient (Wildman–Crippen LogP) is 5.08. The molecule has 6 nitrogen and oxygen atoms in total. The van der Waals surface area contributed by atoms with Crippen molar-refractivity contribution in [2.75, 3.05) is 6.61 Å². The van der Waals surface area contributed by atoms with Gasteiger partial charge in [0.2, 0.25) is 0 Å². The maximum absolute atomic E-state index is 12.6. The van der Waals surface area contributed by atoms with E-state index < -0.39 is 18.1 Å². The first-order valence-electron chi connectivity index (χ1n) is 11.1. The minimum Gasteiger partial charge on any atom is -0.507 e. The fourth-order valence-corrected chi connectivity index (χ4v) is 4.73. The molecular weight excluding hydrogens is 430 g/mol. The molecule has 0 radical (unpaired) electrons. The summed E-state index contributed by atoms with van der Waals surface area (Å²) in [6.45, 7) is 0.105. The van der Waals surface area contributed by atoms with Crippen molar-refractivity contribution in [1.82, 2.24) is 5.32 Å². The van der Waals surface area contributed by atoms with Gasteiger partial charge in [-0.2, -0.15) is 0 Å². The van der Waals surface area contributed by atoms with Crippen LogP contribution in [-0.2, 0) is 16.0 Å². The van der Waals surface area contributed by atoms with Crippen LogP contribution in [0.5, 0.6) is 5.75 Å². The molecule has 5 rings (SSSR count). The number of ether oxygens (including phenoxy) is 1. The number of benzene rings is 4. The number of rotatable bonds is 6. The van der Waals surface area contributed by atoms with Crippen LogP contribution in [-0.4, -0.2) is 34.9 Å². The van der Waals surface area contributed by atoms with E-state index >= 15 is 0 Å². The number of fused-ring (bicyclic) bond motifs is 4. The van der Waals surface area contributed by atoms with Crippen molar-refractivity contribution in [2.45, 2.75) is 18.4 Å². The number of amides is 1. The van der Waals surface area contributed by atoms with Crippen LogP contribution in [0.4, 0.5) is 4.79 Å². The lowest BCUT2D eigenvalue weighted by Gasteiger charge is -2.18. The van der Waals surface area contributed by atoms with Gasteiger partial charge < -0.3 is 20.3 Å². The first-order valence-corrected chi connectivity index (χ1v) is 11.1. The molecule has 0 bridgehead atoms. The van der Waals surface area contributed by atoms with Crippen LogP contribution >= 0.6 is 0 Å². The maximum Gasteiger partial charge on any atom is 0.407 e. The average Bonchev–Trinajstić information content (AvgIpc) is 3.18. The molecule has 1 aliphatic rings. The fraction of sp³-hybridized carbons (Fsp3) is 0.143. The third-order valence-corrected chi connectivity index (χ3v) is 6.35. The van der Waals surface area contributed by atoms with Crippen molar-refractivity contribution < 1.29 is 24.5 Å². The number of carbonyl (C=O) groups is 2. The lowest BCUT2D eigenvalue weighted by Crippen LogP contribution is -2.43. The maximum atomic E-state index is 12.6. The molecule has 3 N–H and O–H groups in total. The molecular formula is C28H23NO5. The van der Waals surface area contributed by atoms with Crippen molar-refractivity contribution in [1.29, 1.82) is 0 Å². The molecule has 1 atom stereocenters. The highest BCUT2D eigenvalue weighted by atomic mass is 16.5. The zero-order valence-electron chi connectivity index (χ0n) is 18.3. The summed E-state index contributed by atoms with van der Waals surface area (Å²) in [5.41, 5.74) is 5.12. The normalized spacial score (nSPS) is 13.2. The Hall–Kier alpha value is -4.32. The van der Waals surface area contributed by atoms with Crippen LogP contribution in [0.25, 0.3) is 21.9 Å². The van der Waals surface area contributed by atoms with Gasteiger partial charge >= 0.3 is 12.1 Å². The monoisotopic (exact) mass is 453 g/mol. The number of carboxylic acids is 1. The van der Waals surface area contributed by atoms with Gasteiger partial charge in [-0.3, -0.25) is 0 Å². The molecule has 0 aromatic heterocycles. The highest BCUT2D eigenvalue weighted by molar-refractivity contribution is 5.91. The fourth-order valence-electron chi connectivity index (χ4n) is 4.73. The van der Waals surface area contributed by atoms with Crippen LogP contribution in [0.1, 0.15) is 22.6 Å². The van der Waals surface area contributed by atoms with Crippen molar-refractivity contribution in [3.05, 3.63) is 102 Å². The Kier molecular flexibility index (Phi) is 5.64. The second-order valence-electron chi connectivity index (χ2n) is 8.35. The highest BCUT2D eigenvalue weighted by Gasteiger charge is 2.30. The Morgan fingerprint density at radius 2 is 1.41 bits per heavy atom. The number of carbonyl (C=O) groups excluding carboxylic acids is 1. The summed E-state index contributed by atoms with van der Waals surface area (Å²) in [5, 5.41) is 23.7. The zero-order valence-corrected chi connectivity index (χ0v) is 18.3. The van der Waals surface area contributed by atoms with Gasteiger partial charge in [0.15, 0.2) is 0 Å². The van der Waals surface area contributed by atoms with E-state index in [0.717, 1.165) is 27.6 Å². The van der Waals surface area contributed by atoms with E-state index in [0.29, 0.717) is 10.9 Å². The smallest absolute Gasteiger partial charge is 0.407 e. The minimum atomic E-state index is -1.18. The number of alkyl carbamates (subject to hydrolysis) is 1. The standard InChI is InChI=1S/C28H23NO5/c30-26-14-13-17(18-7-1-6-12-23(18)26)15-25(27(31)32)29-28(33)34-16-24-21-10-4-2-8-19(21)20-9-3-5-11-22(20)24/h1-14,24-25,30H,15-16H2,(H,29,33)(H,31,32)/t25-/m1/s1. The number of hydrogen-bond acceptors (Lipinski definition) is 4. The Bertz CT molecular complexity index is 1350. The lowest BCUT2D eigenvalue weighted by molar-refractivity contribution is -0.139. The summed E-state index contributed by atoms with van der Waals surface area (Å²) < 4.78 is 5.51. The first-order chi connectivity index (χ1) is 16.5. The molecule has 0 fully saturated rings. The van der Waals surface area contributed by atoms with E-state index in [1.165, 1.54) is 6.07 Å². The van der Waals surface area contributed by atoms with Gasteiger partial charge in [0.25, 0.3) is 0 Å². The third kappa shape index (κ3) is 3.94. The summed E-state index contributed by atoms with van der Waals surface area (Å²) in [5.74, 6) is -1.15. The van der Waals surface area contributed by atoms with E-state index in [1.807, 2.05) is 48.5 Å². The number of aliphatic carboxylic acids is 1. The van der Waals surface area contributed by atoms with Gasteiger partial charge in [0.1, 0.15) is 18.4 Å². The van der Waals surface area contributed by atoms with Gasteiger partial charge in [0.05, 0.1) is 0 Å². The van der Waals surface area contributed by atoms with Crippen molar-refractivity contribution in [2.24, 2.45) is 0 Å². The Morgan fingerprint density at radius 3 is 2.06 bits per heavy atom. The number of aromatic hydroxyl groups is 1. The van der Waals surface area contributed by atoms with E-state index in [9.17, 15) is 19.8 Å². The summed E-state index contributed by atoms with van der Waals surface area (Å²) >= 11 is 0. The molecule has 0 aliphatic heterocycles. The second kappa shape index (κ2) is 8.90. The molecule has 1 aliphatic carbocycles. The van der Waals surface area contributed by atoms with E-state index in [1.54, 1.807) is 18.2 Å². The summed E-state index contributed by atoms with van der Waals surface area (Å²) in [4.78, 5) is 24.5. The Labute approximate surface area is 196 Å². The van der Waals surface area contributed by atoms with Gasteiger partial charge in [-0.05, 0) is 39.3 Å². The molecule has 0 heterocycles. The van der Waals surface area contributed by atoms with Gasteiger partial charge in [-0.1, -0.05) is 78.9 Å². The van der Waals surface area contributed by atoms with Gasteiger partial charge in [0, 0.05) is 17.7 Å². The van der Waals surface area contributed by atoms with Crippen molar-refractivity contribution in [3.63, 3.8) is 0 Å². The number of nitrogens with one attached hydrogen (secondary N) is 1. The number of phenols is 1. The molecule has 4 aromatic carbocycles. The molecule has 6 heteroatoms. The van der Waals surface area contributed by atoms with E-state index in [2.05, 4.69) is 17.4 Å². The van der Waals surface area contributed by atoms with Gasteiger partial charge in [-0.25, -0.2) is 9.59 Å². The molecule has 34 heavy (non-hydrogen) atoms. The topological polar surface area (TPSA) is 95.9 Å². The van der Waals surface area contributed by atoms with Crippen LogP contribution < -0.4 is 5.32 Å². The van der Waals surface area contributed by atoms with Crippen molar-refractivity contribution in [3.8, 4) is 16.9 Å². The number of phenolic OH excluding ortho intramolecular Hbond substituents is 1. The quantitative estimate of drug-likeness (QED) is 0.378. The molecule has 0 saturated carbocycles. The summed E-state index contributed by atoms with van der Waals surface area (Å²) in [7, 11) is 0. The van der Waals surface area contributed by atoms with Crippen LogP contribution in [0.15, 0.2) is 84.9 Å². The molecule has 0 spiro atoms. The summed E-state index contributed by atoms with van der Waals surface area (Å²) in [6.07, 6.45) is -0.724. The Morgan fingerprint density at radius 1 is 0.824 bits per heavy atom. The molecule has 1 amide bonds. The van der Waals surface area contributed by atoms with Crippen LogP contribution in [0.3, 0.4) is 0 Å². The predicted molar refractivity (Wildman–Crippen MR) is 129 cm³/mol. The van der Waals surface area contributed by atoms with Crippen LogP contribution in [0, 0.1) is 0 Å². The molecule has 0 unspecified atom stereocenters. The average molecular weight is 453 g/mol. The SMILES string of the molecule is O=C(N[C@H](Cc1ccc(O)c2ccccc12)C(=O)O)OCC1c2ccccc2-c2ccccc21. The lowest BCUT2D eigenvalue weighted by atomic mass is 9.98. The van der Waals surface area contributed by atoms with Gasteiger partial charge in [-0.15, -0.1) is 0 Å². The second-order valence-corrected chi connectivity index (χ2v) is 8.35. The van der Waals surface area contributed by atoms with Crippen LogP contribution in [0.2, 0.25) is 0 Å². The number of hydrogen-bond donors (Lipinski definition) is 3. The third-order valence-electron chi connectivity index (χ3n) is 6.35. The minimum absolute atomic E-state index is 0.0559. The Balaban J connectivity index is 1.30. The highest BCUT2D eigenvalue weighted by Crippen LogP contribution is 2.44. The molecule has 4 aromatic rings. The summed E-state index contributed by atoms with van der Waals surface area (Å²) in [6, 6.07) is 25.3.